The molecule has 164 valence electrons. The number of rotatable bonds is 8. The normalized spacial score (nSPS) is 11.4. The molecule has 0 radical (unpaired) electrons. The van der Waals surface area contributed by atoms with E-state index in [1.54, 1.807) is 31.2 Å². The van der Waals surface area contributed by atoms with Crippen LogP contribution in [0.2, 0.25) is 0 Å². The van der Waals surface area contributed by atoms with Crippen LogP contribution in [0.3, 0.4) is 0 Å². The first kappa shape index (κ1) is 22.3. The Morgan fingerprint density at radius 3 is 2.39 bits per heavy atom. The van der Waals surface area contributed by atoms with E-state index in [1.165, 1.54) is 19.2 Å². The van der Waals surface area contributed by atoms with Gasteiger partial charge in [-0.2, -0.15) is 13.2 Å². The number of carboxylic acid groups (broad SMARTS) is 1. The molecular formula is C23H21F3O5. The van der Waals surface area contributed by atoms with Crippen molar-refractivity contribution in [2.75, 3.05) is 7.11 Å². The highest BCUT2D eigenvalue weighted by atomic mass is 19.4. The number of methoxy groups -OCH3 is 1. The van der Waals surface area contributed by atoms with E-state index in [0.29, 0.717) is 35.0 Å². The number of benzene rings is 2. The average molecular weight is 434 g/mol. The van der Waals surface area contributed by atoms with E-state index in [4.69, 9.17) is 19.0 Å². The number of aliphatic carboxylic acids is 1. The lowest BCUT2D eigenvalue weighted by Crippen LogP contribution is -2.03. The van der Waals surface area contributed by atoms with Crippen molar-refractivity contribution >= 4 is 5.97 Å². The molecule has 31 heavy (non-hydrogen) atoms. The number of hydrogen-bond acceptors (Lipinski definition) is 4. The molecule has 2 aromatic carbocycles. The van der Waals surface area contributed by atoms with E-state index < -0.39 is 17.7 Å². The Morgan fingerprint density at radius 1 is 1.06 bits per heavy atom. The van der Waals surface area contributed by atoms with Crippen molar-refractivity contribution in [2.24, 2.45) is 0 Å². The van der Waals surface area contributed by atoms with Crippen LogP contribution in [0.25, 0.3) is 11.3 Å². The van der Waals surface area contributed by atoms with Crippen molar-refractivity contribution in [3.05, 3.63) is 71.0 Å². The van der Waals surface area contributed by atoms with Crippen LogP contribution in [-0.2, 0) is 24.0 Å². The Hall–Kier alpha value is -3.42. The van der Waals surface area contributed by atoms with Gasteiger partial charge in [-0.05, 0) is 43.2 Å². The first-order chi connectivity index (χ1) is 14.7. The zero-order valence-corrected chi connectivity index (χ0v) is 17.0. The zero-order valence-electron chi connectivity index (χ0n) is 17.0. The maximum Gasteiger partial charge on any atom is 0.416 e. The third kappa shape index (κ3) is 5.59. The van der Waals surface area contributed by atoms with Crippen LogP contribution >= 0.6 is 0 Å². The monoisotopic (exact) mass is 434 g/mol. The van der Waals surface area contributed by atoms with Crippen LogP contribution in [0.15, 0.2) is 52.9 Å². The molecule has 0 aliphatic rings. The maximum atomic E-state index is 12.7. The number of furan rings is 1. The minimum Gasteiger partial charge on any atom is -0.496 e. The molecule has 0 saturated heterocycles. The van der Waals surface area contributed by atoms with E-state index in [9.17, 15) is 18.0 Å². The number of alkyl halides is 3. The quantitative estimate of drug-likeness (QED) is 0.480. The number of carbonyl (C=O) groups is 1. The largest absolute Gasteiger partial charge is 0.496 e. The minimum atomic E-state index is -4.39. The number of hydrogen-bond donors (Lipinski definition) is 1. The average Bonchev–Trinajstić information content (AvgIpc) is 3.11. The minimum absolute atomic E-state index is 0.00248. The van der Waals surface area contributed by atoms with Crippen LogP contribution in [0, 0.1) is 6.92 Å². The molecular weight excluding hydrogens is 413 g/mol. The molecule has 1 N–H and O–H groups in total. The summed E-state index contributed by atoms with van der Waals surface area (Å²) in [5.41, 5.74) is 1.33. The zero-order chi connectivity index (χ0) is 22.6. The molecule has 0 aliphatic heterocycles. The SMILES string of the molecule is COc1cc(OCc2cc(-c3ccc(C(F)(F)F)cc3)oc2C)ccc1CCC(=O)O. The van der Waals surface area contributed by atoms with Gasteiger partial charge < -0.3 is 19.0 Å². The second-order valence-corrected chi connectivity index (χ2v) is 6.92. The number of halogens is 3. The predicted molar refractivity (Wildman–Crippen MR) is 107 cm³/mol. The summed E-state index contributed by atoms with van der Waals surface area (Å²) in [4.78, 5) is 10.8. The van der Waals surface area contributed by atoms with E-state index in [-0.39, 0.29) is 13.0 Å². The summed E-state index contributed by atoms with van der Waals surface area (Å²) in [6.07, 6.45) is -4.05. The Morgan fingerprint density at radius 2 is 1.77 bits per heavy atom. The van der Waals surface area contributed by atoms with Gasteiger partial charge in [0.1, 0.15) is 29.6 Å². The predicted octanol–water partition coefficient (Wildman–Crippen LogP) is 5.88. The molecule has 3 aromatic rings. The highest BCUT2D eigenvalue weighted by molar-refractivity contribution is 5.67. The van der Waals surface area contributed by atoms with Gasteiger partial charge in [0.2, 0.25) is 0 Å². The van der Waals surface area contributed by atoms with Gasteiger partial charge in [-0.15, -0.1) is 0 Å². The summed E-state index contributed by atoms with van der Waals surface area (Å²) >= 11 is 0. The molecule has 1 aromatic heterocycles. The Balaban J connectivity index is 1.70. The highest BCUT2D eigenvalue weighted by Gasteiger charge is 2.30. The van der Waals surface area contributed by atoms with Gasteiger partial charge in [-0.25, -0.2) is 0 Å². The Labute approximate surface area is 177 Å². The lowest BCUT2D eigenvalue weighted by Gasteiger charge is -2.11. The highest BCUT2D eigenvalue weighted by Crippen LogP contribution is 2.33. The smallest absolute Gasteiger partial charge is 0.416 e. The summed E-state index contributed by atoms with van der Waals surface area (Å²) < 4.78 is 55.0. The molecule has 3 rings (SSSR count). The molecule has 8 heteroatoms. The number of ether oxygens (including phenoxy) is 2. The van der Waals surface area contributed by atoms with E-state index >= 15 is 0 Å². The van der Waals surface area contributed by atoms with Crippen LogP contribution < -0.4 is 9.47 Å². The first-order valence-corrected chi connectivity index (χ1v) is 9.46. The van der Waals surface area contributed by atoms with Gasteiger partial charge >= 0.3 is 12.1 Å². The third-order valence-electron chi connectivity index (χ3n) is 4.78. The van der Waals surface area contributed by atoms with Crippen molar-refractivity contribution in [3.63, 3.8) is 0 Å². The van der Waals surface area contributed by atoms with Crippen molar-refractivity contribution in [2.45, 2.75) is 32.5 Å². The molecule has 0 bridgehead atoms. The van der Waals surface area contributed by atoms with Crippen LogP contribution in [0.1, 0.15) is 28.9 Å². The summed E-state index contributed by atoms with van der Waals surface area (Å²) in [6.45, 7) is 1.94. The van der Waals surface area contributed by atoms with Crippen molar-refractivity contribution < 1.29 is 37.0 Å². The lowest BCUT2D eigenvalue weighted by molar-refractivity contribution is -0.138. The molecule has 0 atom stereocenters. The van der Waals surface area contributed by atoms with Crippen LogP contribution in [-0.4, -0.2) is 18.2 Å². The fourth-order valence-electron chi connectivity index (χ4n) is 3.05. The summed E-state index contributed by atoms with van der Waals surface area (Å²) in [5, 5.41) is 8.84. The number of carboxylic acids is 1. The third-order valence-corrected chi connectivity index (χ3v) is 4.78. The van der Waals surface area contributed by atoms with Crippen molar-refractivity contribution in [3.8, 4) is 22.8 Å². The van der Waals surface area contributed by atoms with Crippen molar-refractivity contribution in [1.82, 2.24) is 0 Å². The van der Waals surface area contributed by atoms with E-state index in [0.717, 1.165) is 23.3 Å². The molecule has 0 saturated carbocycles. The topological polar surface area (TPSA) is 68.9 Å². The molecule has 0 aliphatic carbocycles. The lowest BCUT2D eigenvalue weighted by atomic mass is 10.1. The second-order valence-electron chi connectivity index (χ2n) is 6.92. The van der Waals surface area contributed by atoms with E-state index in [1.807, 2.05) is 0 Å². The van der Waals surface area contributed by atoms with Crippen LogP contribution in [0.5, 0.6) is 11.5 Å². The fourth-order valence-corrected chi connectivity index (χ4v) is 3.05. The standard InChI is InChI=1S/C23H21F3O5/c1-14-17(11-21(31-14)16-3-7-18(8-4-16)23(24,25)26)13-30-19-9-5-15(6-10-22(27)28)20(12-19)29-2/h3-5,7-9,11-12H,6,10,13H2,1-2H3,(H,27,28). The molecule has 0 amide bonds. The van der Waals surface area contributed by atoms with Gasteiger partial charge in [0.05, 0.1) is 12.7 Å². The van der Waals surface area contributed by atoms with Gasteiger partial charge in [0, 0.05) is 23.6 Å². The number of aryl methyl sites for hydroxylation is 2. The molecule has 0 fully saturated rings. The van der Waals surface area contributed by atoms with E-state index in [2.05, 4.69) is 0 Å². The summed E-state index contributed by atoms with van der Waals surface area (Å²) in [5.74, 6) is 1.23. The molecule has 0 unspecified atom stereocenters. The van der Waals surface area contributed by atoms with Gasteiger partial charge in [0.25, 0.3) is 0 Å². The Kier molecular flexibility index (Phi) is 6.58. The Bertz CT molecular complexity index is 1050. The fraction of sp³-hybridized carbons (Fsp3) is 0.261. The van der Waals surface area contributed by atoms with Gasteiger partial charge in [-0.3, -0.25) is 4.79 Å². The van der Waals surface area contributed by atoms with Gasteiger partial charge in [-0.1, -0.05) is 18.2 Å². The molecule has 1 heterocycles. The maximum absolute atomic E-state index is 12.7. The first-order valence-electron chi connectivity index (χ1n) is 9.46. The second kappa shape index (κ2) is 9.16. The van der Waals surface area contributed by atoms with Gasteiger partial charge in [0.15, 0.2) is 0 Å². The van der Waals surface area contributed by atoms with Crippen LogP contribution in [0.4, 0.5) is 13.2 Å². The molecule has 0 spiro atoms. The van der Waals surface area contributed by atoms with Crippen molar-refractivity contribution in [1.29, 1.82) is 0 Å². The molecule has 5 nitrogen and oxygen atoms in total. The summed E-state index contributed by atoms with van der Waals surface area (Å²) in [6, 6.07) is 11.7. The summed E-state index contributed by atoms with van der Waals surface area (Å²) in [7, 11) is 1.50.